The Morgan fingerprint density at radius 2 is 1.57 bits per heavy atom. The summed E-state index contributed by atoms with van der Waals surface area (Å²) in [4.78, 5) is 47.0. The van der Waals surface area contributed by atoms with E-state index < -0.39 is 18.5 Å². The number of amides is 2. The van der Waals surface area contributed by atoms with Gasteiger partial charge in [-0.3, -0.25) is 19.2 Å². The topological polar surface area (TPSA) is 111 Å². The third kappa shape index (κ3) is 7.75. The van der Waals surface area contributed by atoms with Gasteiger partial charge in [-0.05, 0) is 50.2 Å². The zero-order valence-electron chi connectivity index (χ0n) is 16.9. The third-order valence-corrected chi connectivity index (χ3v) is 3.92. The van der Waals surface area contributed by atoms with Gasteiger partial charge in [-0.1, -0.05) is 12.1 Å². The van der Waals surface area contributed by atoms with Crippen molar-refractivity contribution >= 4 is 34.9 Å². The van der Waals surface area contributed by atoms with Crippen molar-refractivity contribution in [1.29, 1.82) is 0 Å². The number of Topliss-reactive ketones (excluding diaryl/α,β-unsaturated/α-hetero) is 1. The first-order valence-corrected chi connectivity index (χ1v) is 9.46. The molecule has 0 saturated heterocycles. The maximum atomic E-state index is 11.9. The molecule has 158 valence electrons. The summed E-state index contributed by atoms with van der Waals surface area (Å²) in [5.74, 6) is -0.972. The van der Waals surface area contributed by atoms with E-state index >= 15 is 0 Å². The Kier molecular flexibility index (Phi) is 8.56. The molecule has 2 N–H and O–H groups in total. The first-order valence-electron chi connectivity index (χ1n) is 9.46. The fraction of sp³-hybridized carbons (Fsp3) is 0.273. The van der Waals surface area contributed by atoms with Crippen LogP contribution in [0.3, 0.4) is 0 Å². The molecule has 0 aliphatic heterocycles. The highest BCUT2D eigenvalue weighted by Gasteiger charge is 2.11. The molecule has 0 aromatic heterocycles. The molecule has 0 atom stereocenters. The molecule has 2 rings (SSSR count). The van der Waals surface area contributed by atoms with Gasteiger partial charge in [0.25, 0.3) is 5.91 Å². The molecule has 2 aromatic carbocycles. The highest BCUT2D eigenvalue weighted by Crippen LogP contribution is 2.16. The predicted octanol–water partition coefficient (Wildman–Crippen LogP) is 3.19. The van der Waals surface area contributed by atoms with Gasteiger partial charge in [0.2, 0.25) is 5.91 Å². The molecule has 2 amide bonds. The average Bonchev–Trinajstić information content (AvgIpc) is 2.72. The van der Waals surface area contributed by atoms with Gasteiger partial charge in [-0.15, -0.1) is 0 Å². The van der Waals surface area contributed by atoms with E-state index in [4.69, 9.17) is 9.47 Å². The molecule has 8 nitrogen and oxygen atoms in total. The Hall–Kier alpha value is -3.68. The van der Waals surface area contributed by atoms with Crippen molar-refractivity contribution in [2.75, 3.05) is 23.8 Å². The Balaban J connectivity index is 1.70. The van der Waals surface area contributed by atoms with E-state index in [0.717, 1.165) is 0 Å². The van der Waals surface area contributed by atoms with Crippen LogP contribution in [-0.4, -0.2) is 36.8 Å². The number of anilines is 2. The Labute approximate surface area is 174 Å². The van der Waals surface area contributed by atoms with E-state index in [1.54, 1.807) is 42.5 Å². The molecule has 0 bridgehead atoms. The fourth-order valence-corrected chi connectivity index (χ4v) is 2.47. The minimum atomic E-state index is -0.663. The van der Waals surface area contributed by atoms with Crippen molar-refractivity contribution < 1.29 is 28.7 Å². The number of rotatable bonds is 10. The summed E-state index contributed by atoms with van der Waals surface area (Å²) in [6.45, 7) is 3.37. The number of ether oxygens (including phenoxy) is 2. The van der Waals surface area contributed by atoms with Crippen molar-refractivity contribution in [3.05, 3.63) is 54.1 Å². The van der Waals surface area contributed by atoms with E-state index in [9.17, 15) is 19.2 Å². The van der Waals surface area contributed by atoms with Gasteiger partial charge in [0.05, 0.1) is 13.0 Å². The van der Waals surface area contributed by atoms with Crippen LogP contribution in [-0.2, 0) is 19.1 Å². The Morgan fingerprint density at radius 1 is 0.867 bits per heavy atom. The van der Waals surface area contributed by atoms with E-state index in [1.165, 1.54) is 13.0 Å². The number of hydrogen-bond acceptors (Lipinski definition) is 6. The van der Waals surface area contributed by atoms with Crippen LogP contribution in [0.4, 0.5) is 11.4 Å². The normalized spacial score (nSPS) is 10.1. The van der Waals surface area contributed by atoms with E-state index in [1.807, 2.05) is 6.92 Å². The van der Waals surface area contributed by atoms with Crippen molar-refractivity contribution in [1.82, 2.24) is 0 Å². The van der Waals surface area contributed by atoms with E-state index in [-0.39, 0.29) is 24.5 Å². The van der Waals surface area contributed by atoms with Crippen LogP contribution in [0.2, 0.25) is 0 Å². The van der Waals surface area contributed by atoms with Crippen LogP contribution >= 0.6 is 0 Å². The van der Waals surface area contributed by atoms with Crippen LogP contribution in [0.15, 0.2) is 48.5 Å². The lowest BCUT2D eigenvalue weighted by Gasteiger charge is -2.08. The Bertz CT molecular complexity index is 908. The maximum Gasteiger partial charge on any atom is 0.306 e. The minimum absolute atomic E-state index is 0.0751. The monoisotopic (exact) mass is 412 g/mol. The zero-order chi connectivity index (χ0) is 21.9. The molecule has 0 fully saturated rings. The molecule has 0 unspecified atom stereocenters. The molecule has 0 heterocycles. The number of nitrogens with one attached hydrogen (secondary N) is 2. The van der Waals surface area contributed by atoms with Crippen LogP contribution in [0.5, 0.6) is 5.75 Å². The highest BCUT2D eigenvalue weighted by molar-refractivity contribution is 5.98. The molecule has 30 heavy (non-hydrogen) atoms. The van der Waals surface area contributed by atoms with Gasteiger partial charge in [-0.25, -0.2) is 0 Å². The molecule has 0 spiro atoms. The summed E-state index contributed by atoms with van der Waals surface area (Å²) in [5, 5.41) is 5.22. The third-order valence-electron chi connectivity index (χ3n) is 3.92. The minimum Gasteiger partial charge on any atom is -0.494 e. The highest BCUT2D eigenvalue weighted by atomic mass is 16.5. The molecule has 0 aliphatic rings. The van der Waals surface area contributed by atoms with Gasteiger partial charge in [0, 0.05) is 23.4 Å². The standard InChI is InChI=1S/C22H24N2O6/c1-3-29-19-9-7-17(8-10-19)23-20(26)11-12-22(28)30-14-21(27)24-18-6-4-5-16(13-18)15(2)25/h4-10,13H,3,11-12,14H2,1-2H3,(H,23,26)(H,24,27). The molecule has 0 aliphatic carbocycles. The number of hydrogen-bond donors (Lipinski definition) is 2. The second-order valence-corrected chi connectivity index (χ2v) is 6.35. The number of esters is 1. The van der Waals surface area contributed by atoms with Crippen LogP contribution in [0.25, 0.3) is 0 Å². The lowest BCUT2D eigenvalue weighted by Crippen LogP contribution is -2.22. The molecule has 0 saturated carbocycles. The summed E-state index contributed by atoms with van der Waals surface area (Å²) >= 11 is 0. The second-order valence-electron chi connectivity index (χ2n) is 6.35. The fourth-order valence-electron chi connectivity index (χ4n) is 2.47. The first kappa shape index (κ1) is 22.6. The quantitative estimate of drug-likeness (QED) is 0.458. The van der Waals surface area contributed by atoms with Gasteiger partial charge in [0.1, 0.15) is 5.75 Å². The summed E-state index contributed by atoms with van der Waals surface area (Å²) in [6, 6.07) is 13.3. The van der Waals surface area contributed by atoms with Crippen molar-refractivity contribution in [2.45, 2.75) is 26.7 Å². The van der Waals surface area contributed by atoms with Gasteiger partial charge < -0.3 is 20.1 Å². The summed E-state index contributed by atoms with van der Waals surface area (Å²) in [7, 11) is 0. The van der Waals surface area contributed by atoms with Gasteiger partial charge >= 0.3 is 5.97 Å². The zero-order valence-corrected chi connectivity index (χ0v) is 16.9. The summed E-state index contributed by atoms with van der Waals surface area (Å²) in [5.41, 5.74) is 1.48. The second kappa shape index (κ2) is 11.4. The lowest BCUT2D eigenvalue weighted by atomic mass is 10.1. The smallest absolute Gasteiger partial charge is 0.306 e. The van der Waals surface area contributed by atoms with Crippen LogP contribution in [0, 0.1) is 0 Å². The SMILES string of the molecule is CCOc1ccc(NC(=O)CCC(=O)OCC(=O)Nc2cccc(C(C)=O)c2)cc1. The largest absolute Gasteiger partial charge is 0.494 e. The van der Waals surface area contributed by atoms with E-state index in [0.29, 0.717) is 29.3 Å². The van der Waals surface area contributed by atoms with Crippen molar-refractivity contribution in [3.8, 4) is 5.75 Å². The number of benzene rings is 2. The first-order chi connectivity index (χ1) is 14.4. The van der Waals surface area contributed by atoms with Gasteiger partial charge in [-0.2, -0.15) is 0 Å². The molecule has 2 aromatic rings. The summed E-state index contributed by atoms with van der Waals surface area (Å²) < 4.78 is 10.2. The molecule has 0 radical (unpaired) electrons. The summed E-state index contributed by atoms with van der Waals surface area (Å²) in [6.07, 6.45) is -0.232. The molecular formula is C22H24N2O6. The maximum absolute atomic E-state index is 11.9. The van der Waals surface area contributed by atoms with Crippen LogP contribution in [0.1, 0.15) is 37.0 Å². The van der Waals surface area contributed by atoms with Crippen molar-refractivity contribution in [3.63, 3.8) is 0 Å². The predicted molar refractivity (Wildman–Crippen MR) is 112 cm³/mol. The average molecular weight is 412 g/mol. The van der Waals surface area contributed by atoms with E-state index in [2.05, 4.69) is 10.6 Å². The number of carbonyl (C=O) groups excluding carboxylic acids is 4. The van der Waals surface area contributed by atoms with Crippen LogP contribution < -0.4 is 15.4 Å². The molecular weight excluding hydrogens is 388 g/mol. The molecule has 8 heteroatoms. The Morgan fingerprint density at radius 3 is 2.23 bits per heavy atom. The number of ketones is 1. The number of carbonyl (C=O) groups is 4. The van der Waals surface area contributed by atoms with Gasteiger partial charge in [0.15, 0.2) is 12.4 Å². The lowest BCUT2D eigenvalue weighted by molar-refractivity contribution is -0.147. The van der Waals surface area contributed by atoms with Crippen molar-refractivity contribution in [2.24, 2.45) is 0 Å².